The molecule has 1 amide bonds. The lowest BCUT2D eigenvalue weighted by molar-refractivity contribution is -0.139. The second-order valence-electron chi connectivity index (χ2n) is 9.81. The van der Waals surface area contributed by atoms with E-state index in [9.17, 15) is 19.5 Å². The molecule has 0 aliphatic carbocycles. The number of rotatable bonds is 10. The zero-order valence-corrected chi connectivity index (χ0v) is 24.8. The van der Waals surface area contributed by atoms with Gasteiger partial charge in [0, 0.05) is 11.6 Å². The van der Waals surface area contributed by atoms with E-state index in [0.717, 1.165) is 59.6 Å². The summed E-state index contributed by atoms with van der Waals surface area (Å²) in [6.07, 6.45) is 0.826. The lowest BCUT2D eigenvalue weighted by Gasteiger charge is -2.30. The van der Waals surface area contributed by atoms with Crippen LogP contribution in [-0.2, 0) is 9.59 Å². The van der Waals surface area contributed by atoms with Crippen LogP contribution in [0.3, 0.4) is 0 Å². The molecule has 2 aromatic carbocycles. The van der Waals surface area contributed by atoms with Crippen LogP contribution in [0.25, 0.3) is 10.4 Å². The highest BCUT2D eigenvalue weighted by atomic mass is 79.9. The molecule has 212 valence electrons. The molecule has 1 aliphatic heterocycles. The van der Waals surface area contributed by atoms with Crippen molar-refractivity contribution >= 4 is 50.8 Å². The van der Waals surface area contributed by atoms with Gasteiger partial charge in [-0.1, -0.05) is 29.8 Å². The molecule has 4 N–H and O–H groups in total. The minimum absolute atomic E-state index is 0.000856. The van der Waals surface area contributed by atoms with Crippen molar-refractivity contribution < 1.29 is 34.1 Å². The molecular weight excluding hydrogens is 600 g/mol. The van der Waals surface area contributed by atoms with Crippen LogP contribution in [0.2, 0.25) is 0 Å². The summed E-state index contributed by atoms with van der Waals surface area (Å²) in [5, 5.41) is 25.1. The molecule has 0 saturated carbocycles. The number of nitrogens with one attached hydrogen (secondary N) is 2. The Morgan fingerprint density at radius 3 is 2.40 bits per heavy atom. The van der Waals surface area contributed by atoms with E-state index in [-0.39, 0.29) is 22.5 Å². The van der Waals surface area contributed by atoms with E-state index in [1.165, 1.54) is 0 Å². The quantitative estimate of drug-likeness (QED) is 0.226. The average Bonchev–Trinajstić information content (AvgIpc) is 3.25. The summed E-state index contributed by atoms with van der Waals surface area (Å²) in [4.78, 5) is 36.9. The van der Waals surface area contributed by atoms with Gasteiger partial charge in [0.25, 0.3) is 5.91 Å². The number of hydrogen-bond acceptors (Lipinski definition) is 7. The Morgan fingerprint density at radius 1 is 1.10 bits per heavy atom. The van der Waals surface area contributed by atoms with Crippen molar-refractivity contribution in [3.63, 3.8) is 0 Å². The Morgan fingerprint density at radius 2 is 1.77 bits per heavy atom. The normalized spacial score (nSPS) is 14.4. The van der Waals surface area contributed by atoms with Crippen LogP contribution in [0.1, 0.15) is 39.2 Å². The molecule has 1 fully saturated rings. The third kappa shape index (κ3) is 6.83. The molecule has 0 bridgehead atoms. The molecule has 0 radical (unpaired) electrons. The number of halogens is 1. The van der Waals surface area contributed by atoms with Crippen LogP contribution in [-0.4, -0.2) is 53.9 Å². The molecule has 3 aromatic rings. The van der Waals surface area contributed by atoms with Crippen LogP contribution in [0.15, 0.2) is 40.9 Å². The standard InChI is InChI=1S/C29H31BrN2O7S/c1-15-11-16(2)23(17(3)12-15)32-28(35)24(18-7-9-31-10-8-18)39-20-6-4-5-19(13-20)26-22(30)25(38-14-21(33)34)27(40-26)29(36)37/h4-6,11-13,18,24,31H,7-10,14H2,1-3H3,(H,32,35)(H,33,34)(H,36,37). The van der Waals surface area contributed by atoms with Gasteiger partial charge in [-0.3, -0.25) is 4.79 Å². The maximum absolute atomic E-state index is 13.7. The van der Waals surface area contributed by atoms with E-state index >= 15 is 0 Å². The number of benzene rings is 2. The topological polar surface area (TPSA) is 134 Å². The van der Waals surface area contributed by atoms with Crippen LogP contribution < -0.4 is 20.1 Å². The number of anilines is 1. The average molecular weight is 632 g/mol. The minimum atomic E-state index is -1.23. The first-order valence-corrected chi connectivity index (χ1v) is 14.4. The third-order valence-corrected chi connectivity index (χ3v) is 8.93. The van der Waals surface area contributed by atoms with Crippen molar-refractivity contribution in [1.29, 1.82) is 0 Å². The van der Waals surface area contributed by atoms with Gasteiger partial charge in [-0.2, -0.15) is 0 Å². The Kier molecular flexibility index (Phi) is 9.49. The summed E-state index contributed by atoms with van der Waals surface area (Å²) >= 11 is 4.35. The van der Waals surface area contributed by atoms with E-state index in [4.69, 9.17) is 14.6 Å². The van der Waals surface area contributed by atoms with Gasteiger partial charge < -0.3 is 30.3 Å². The SMILES string of the molecule is Cc1cc(C)c(NC(=O)C(Oc2cccc(-c3sc(C(=O)O)c(OCC(=O)O)c3Br)c2)C2CCNCC2)c(C)c1. The maximum atomic E-state index is 13.7. The maximum Gasteiger partial charge on any atom is 0.349 e. The van der Waals surface area contributed by atoms with Crippen molar-refractivity contribution in [2.24, 2.45) is 5.92 Å². The number of thiophene rings is 1. The minimum Gasteiger partial charge on any atom is -0.480 e. The number of aliphatic carboxylic acids is 1. The highest BCUT2D eigenvalue weighted by Crippen LogP contribution is 2.46. The summed E-state index contributed by atoms with van der Waals surface area (Å²) in [6, 6.07) is 11.1. The summed E-state index contributed by atoms with van der Waals surface area (Å²) in [5.74, 6) is -2.25. The third-order valence-electron chi connectivity index (χ3n) is 6.70. The predicted molar refractivity (Wildman–Crippen MR) is 157 cm³/mol. The molecule has 1 atom stereocenters. The van der Waals surface area contributed by atoms with Crippen LogP contribution in [0.5, 0.6) is 11.5 Å². The number of aromatic carboxylic acids is 1. The predicted octanol–water partition coefficient (Wildman–Crippen LogP) is 5.65. The monoisotopic (exact) mass is 630 g/mol. The second kappa shape index (κ2) is 12.8. The molecule has 0 spiro atoms. The molecular formula is C29H31BrN2O7S. The number of carbonyl (C=O) groups is 3. The van der Waals surface area contributed by atoms with E-state index in [1.807, 2.05) is 32.9 Å². The number of piperidine rings is 1. The Balaban J connectivity index is 1.64. The van der Waals surface area contributed by atoms with Crippen LogP contribution in [0.4, 0.5) is 5.69 Å². The molecule has 1 aromatic heterocycles. The Hall–Kier alpha value is -3.41. The zero-order chi connectivity index (χ0) is 29.0. The zero-order valence-electron chi connectivity index (χ0n) is 22.4. The van der Waals surface area contributed by atoms with Crippen molar-refractivity contribution in [3.8, 4) is 21.9 Å². The molecule has 4 rings (SSSR count). The summed E-state index contributed by atoms with van der Waals surface area (Å²) in [6.45, 7) is 6.87. The molecule has 9 nitrogen and oxygen atoms in total. The summed E-state index contributed by atoms with van der Waals surface area (Å²) < 4.78 is 12.0. The number of carbonyl (C=O) groups excluding carboxylic acids is 1. The largest absolute Gasteiger partial charge is 0.480 e. The van der Waals surface area contributed by atoms with Gasteiger partial charge >= 0.3 is 11.9 Å². The van der Waals surface area contributed by atoms with Gasteiger partial charge in [-0.05, 0) is 91.5 Å². The second-order valence-corrected chi connectivity index (χ2v) is 11.6. The van der Waals surface area contributed by atoms with Gasteiger partial charge in [0.1, 0.15) is 5.75 Å². The first-order valence-electron chi connectivity index (χ1n) is 12.8. The highest BCUT2D eigenvalue weighted by Gasteiger charge is 2.32. The van der Waals surface area contributed by atoms with Crippen LogP contribution in [0, 0.1) is 26.7 Å². The number of amides is 1. The van der Waals surface area contributed by atoms with E-state index in [2.05, 4.69) is 26.6 Å². The van der Waals surface area contributed by atoms with E-state index < -0.39 is 24.6 Å². The van der Waals surface area contributed by atoms with Crippen LogP contribution >= 0.6 is 27.3 Å². The summed E-state index contributed by atoms with van der Waals surface area (Å²) in [7, 11) is 0. The van der Waals surface area contributed by atoms with Gasteiger partial charge in [0.15, 0.2) is 23.3 Å². The number of hydrogen-bond donors (Lipinski definition) is 4. The Labute approximate surface area is 244 Å². The lowest BCUT2D eigenvalue weighted by atomic mass is 9.91. The molecule has 40 heavy (non-hydrogen) atoms. The molecule has 2 heterocycles. The van der Waals surface area contributed by atoms with Crippen molar-refractivity contribution in [2.45, 2.75) is 39.7 Å². The molecule has 1 aliphatic rings. The van der Waals surface area contributed by atoms with Crippen molar-refractivity contribution in [2.75, 3.05) is 25.0 Å². The smallest absolute Gasteiger partial charge is 0.349 e. The molecule has 11 heteroatoms. The van der Waals surface area contributed by atoms with Gasteiger partial charge in [-0.25, -0.2) is 9.59 Å². The first-order chi connectivity index (χ1) is 19.0. The number of carboxylic acids is 2. The fourth-order valence-corrected chi connectivity index (χ4v) is 6.81. The van der Waals surface area contributed by atoms with Gasteiger partial charge in [0.05, 0.1) is 9.35 Å². The fourth-order valence-electron chi connectivity index (χ4n) is 4.92. The molecule has 1 saturated heterocycles. The highest BCUT2D eigenvalue weighted by molar-refractivity contribution is 9.10. The number of ether oxygens (including phenoxy) is 2. The molecule has 1 unspecified atom stereocenters. The van der Waals surface area contributed by atoms with E-state index in [1.54, 1.807) is 24.3 Å². The first kappa shape index (κ1) is 29.6. The van der Waals surface area contributed by atoms with Crippen molar-refractivity contribution in [1.82, 2.24) is 5.32 Å². The summed E-state index contributed by atoms with van der Waals surface area (Å²) in [5.41, 5.74) is 4.50. The number of carboxylic acid groups (broad SMARTS) is 2. The lowest BCUT2D eigenvalue weighted by Crippen LogP contribution is -2.44. The number of aryl methyl sites for hydroxylation is 3. The van der Waals surface area contributed by atoms with E-state index in [0.29, 0.717) is 20.7 Å². The fraction of sp³-hybridized carbons (Fsp3) is 0.345. The van der Waals surface area contributed by atoms with Crippen molar-refractivity contribution in [3.05, 3.63) is 62.4 Å². The van der Waals surface area contributed by atoms with Gasteiger partial charge in [-0.15, -0.1) is 11.3 Å². The van der Waals surface area contributed by atoms with Gasteiger partial charge in [0.2, 0.25) is 0 Å². The Bertz CT molecular complexity index is 1410.